The predicted octanol–water partition coefficient (Wildman–Crippen LogP) is 1.91. The lowest BCUT2D eigenvalue weighted by atomic mass is 9.46. The minimum absolute atomic E-state index is 0.367. The zero-order chi connectivity index (χ0) is 9.76. The van der Waals surface area contributed by atoms with E-state index >= 15 is 0 Å². The Kier molecular flexibility index (Phi) is 1.70. The van der Waals surface area contributed by atoms with Crippen molar-refractivity contribution in [3.8, 4) is 6.07 Å². The number of hydrogen-bond acceptors (Lipinski definition) is 2. The van der Waals surface area contributed by atoms with Crippen LogP contribution >= 0.6 is 0 Å². The molecule has 0 radical (unpaired) electrons. The predicted molar refractivity (Wildman–Crippen MR) is 54.1 cm³/mol. The van der Waals surface area contributed by atoms with Crippen LogP contribution in [0.15, 0.2) is 0 Å². The Morgan fingerprint density at radius 1 is 1.21 bits per heavy atom. The van der Waals surface area contributed by atoms with Gasteiger partial charge in [-0.15, -0.1) is 0 Å². The Balaban J connectivity index is 1.92. The summed E-state index contributed by atoms with van der Waals surface area (Å²) < 4.78 is 0. The third-order valence-electron chi connectivity index (χ3n) is 4.98. The summed E-state index contributed by atoms with van der Waals surface area (Å²) in [5.74, 6) is 2.65. The average molecular weight is 190 g/mol. The van der Waals surface area contributed by atoms with E-state index in [1.807, 2.05) is 0 Å². The number of hydrogen-bond donors (Lipinski definition) is 1. The van der Waals surface area contributed by atoms with E-state index in [2.05, 4.69) is 6.07 Å². The van der Waals surface area contributed by atoms with Crippen LogP contribution in [0.4, 0.5) is 0 Å². The van der Waals surface area contributed by atoms with Crippen molar-refractivity contribution in [2.45, 2.75) is 32.1 Å². The molecule has 4 saturated carbocycles. The highest BCUT2D eigenvalue weighted by molar-refractivity contribution is 5.10. The van der Waals surface area contributed by atoms with Gasteiger partial charge >= 0.3 is 0 Å². The molecule has 14 heavy (non-hydrogen) atoms. The monoisotopic (exact) mass is 190 g/mol. The van der Waals surface area contributed by atoms with Crippen molar-refractivity contribution in [3.63, 3.8) is 0 Å². The molecule has 4 fully saturated rings. The summed E-state index contributed by atoms with van der Waals surface area (Å²) in [7, 11) is 0. The summed E-state index contributed by atoms with van der Waals surface area (Å²) in [5, 5.41) is 9.17. The zero-order valence-corrected chi connectivity index (χ0v) is 8.58. The van der Waals surface area contributed by atoms with Gasteiger partial charge in [-0.25, -0.2) is 0 Å². The van der Waals surface area contributed by atoms with E-state index in [0.717, 1.165) is 12.5 Å². The van der Waals surface area contributed by atoms with Gasteiger partial charge in [0, 0.05) is 0 Å². The Hall–Kier alpha value is -0.550. The first-order chi connectivity index (χ1) is 6.76. The third kappa shape index (κ3) is 0.995. The molecule has 0 spiro atoms. The summed E-state index contributed by atoms with van der Waals surface area (Å²) >= 11 is 0. The maximum atomic E-state index is 9.17. The second-order valence-corrected chi connectivity index (χ2v) is 5.83. The Bertz CT molecular complexity index is 275. The van der Waals surface area contributed by atoms with Crippen LogP contribution in [-0.4, -0.2) is 6.54 Å². The lowest BCUT2D eigenvalue weighted by molar-refractivity contribution is -0.0724. The zero-order valence-electron chi connectivity index (χ0n) is 8.58. The van der Waals surface area contributed by atoms with Crippen molar-refractivity contribution in [2.75, 3.05) is 6.54 Å². The third-order valence-corrected chi connectivity index (χ3v) is 4.98. The van der Waals surface area contributed by atoms with Crippen molar-refractivity contribution in [3.05, 3.63) is 0 Å². The standard InChI is InChI=1S/C12H18N2/c13-6-11-9-1-8-2-10(11)5-12(3-8,4-9)7-14/h8-11H,1-5,7,14H2. The van der Waals surface area contributed by atoms with Gasteiger partial charge in [-0.3, -0.25) is 0 Å². The first-order valence-electron chi connectivity index (χ1n) is 5.86. The van der Waals surface area contributed by atoms with E-state index < -0.39 is 0 Å². The second kappa shape index (κ2) is 2.73. The summed E-state index contributed by atoms with van der Waals surface area (Å²) in [4.78, 5) is 0. The van der Waals surface area contributed by atoms with Gasteiger partial charge in [-0.05, 0) is 61.8 Å². The van der Waals surface area contributed by atoms with Crippen LogP contribution in [-0.2, 0) is 0 Å². The number of nitriles is 1. The van der Waals surface area contributed by atoms with Crippen molar-refractivity contribution >= 4 is 0 Å². The molecule has 0 saturated heterocycles. The van der Waals surface area contributed by atoms with Gasteiger partial charge in [-0.2, -0.15) is 5.26 Å². The highest BCUT2D eigenvalue weighted by Gasteiger charge is 2.54. The molecule has 4 aliphatic carbocycles. The fraction of sp³-hybridized carbons (Fsp3) is 0.917. The summed E-state index contributed by atoms with van der Waals surface area (Å²) in [6.45, 7) is 0.856. The first kappa shape index (κ1) is 8.73. The highest BCUT2D eigenvalue weighted by atomic mass is 14.7. The topological polar surface area (TPSA) is 49.8 Å². The van der Waals surface area contributed by atoms with Gasteiger partial charge in [-0.1, -0.05) is 0 Å². The SMILES string of the molecule is N#CC1C2CC3CC1CC(CN)(C3)C2. The molecule has 0 heterocycles. The summed E-state index contributed by atoms with van der Waals surface area (Å²) in [6.07, 6.45) is 6.48. The molecular formula is C12H18N2. The van der Waals surface area contributed by atoms with Crippen LogP contribution in [0.3, 0.4) is 0 Å². The van der Waals surface area contributed by atoms with E-state index in [4.69, 9.17) is 5.73 Å². The maximum Gasteiger partial charge on any atom is 0.0661 e. The normalized spacial score (nSPS) is 54.6. The molecule has 0 aromatic rings. The fourth-order valence-electron chi connectivity index (χ4n) is 4.65. The average Bonchev–Trinajstić information content (AvgIpc) is 2.17. The van der Waals surface area contributed by atoms with E-state index in [0.29, 0.717) is 23.2 Å². The first-order valence-corrected chi connectivity index (χ1v) is 5.86. The van der Waals surface area contributed by atoms with Crippen LogP contribution in [0, 0.1) is 40.4 Å². The summed E-state index contributed by atoms with van der Waals surface area (Å²) in [6, 6.07) is 2.55. The molecule has 2 nitrogen and oxygen atoms in total. The smallest absolute Gasteiger partial charge is 0.0661 e. The molecule has 0 aliphatic heterocycles. The summed E-state index contributed by atoms with van der Waals surface area (Å²) in [5.41, 5.74) is 6.38. The molecule has 2 N–H and O–H groups in total. The van der Waals surface area contributed by atoms with Crippen LogP contribution in [0.2, 0.25) is 0 Å². The molecule has 2 unspecified atom stereocenters. The van der Waals surface area contributed by atoms with E-state index in [1.165, 1.54) is 32.1 Å². The molecule has 0 amide bonds. The van der Waals surface area contributed by atoms with Crippen LogP contribution in [0.1, 0.15) is 32.1 Å². The van der Waals surface area contributed by atoms with E-state index in [-0.39, 0.29) is 0 Å². The van der Waals surface area contributed by atoms with E-state index in [1.54, 1.807) is 0 Å². The Morgan fingerprint density at radius 3 is 2.36 bits per heavy atom. The molecule has 0 aromatic carbocycles. The Morgan fingerprint density at radius 2 is 1.86 bits per heavy atom. The van der Waals surface area contributed by atoms with Crippen molar-refractivity contribution < 1.29 is 0 Å². The van der Waals surface area contributed by atoms with E-state index in [9.17, 15) is 5.26 Å². The van der Waals surface area contributed by atoms with Crippen molar-refractivity contribution in [2.24, 2.45) is 34.8 Å². The Labute approximate surface area is 85.5 Å². The van der Waals surface area contributed by atoms with Crippen molar-refractivity contribution in [1.82, 2.24) is 0 Å². The molecule has 0 aromatic heterocycles. The second-order valence-electron chi connectivity index (χ2n) is 5.83. The molecule has 2 atom stereocenters. The largest absolute Gasteiger partial charge is 0.330 e. The maximum absolute atomic E-state index is 9.17. The van der Waals surface area contributed by atoms with Crippen molar-refractivity contribution in [1.29, 1.82) is 5.26 Å². The van der Waals surface area contributed by atoms with Gasteiger partial charge < -0.3 is 5.73 Å². The molecule has 4 aliphatic rings. The molecular weight excluding hydrogens is 172 g/mol. The van der Waals surface area contributed by atoms with Crippen LogP contribution in [0.5, 0.6) is 0 Å². The highest BCUT2D eigenvalue weighted by Crippen LogP contribution is 2.61. The number of nitrogens with zero attached hydrogens (tertiary/aromatic N) is 1. The number of nitrogens with two attached hydrogens (primary N) is 1. The van der Waals surface area contributed by atoms with Gasteiger partial charge in [0.25, 0.3) is 0 Å². The molecule has 2 heteroatoms. The van der Waals surface area contributed by atoms with Gasteiger partial charge in [0.05, 0.1) is 12.0 Å². The van der Waals surface area contributed by atoms with Crippen LogP contribution < -0.4 is 5.73 Å². The quantitative estimate of drug-likeness (QED) is 0.686. The minimum atomic E-state index is 0.367. The van der Waals surface area contributed by atoms with Gasteiger partial charge in [0.2, 0.25) is 0 Å². The fourth-order valence-corrected chi connectivity index (χ4v) is 4.65. The lowest BCUT2D eigenvalue weighted by Gasteiger charge is -2.58. The number of rotatable bonds is 1. The lowest BCUT2D eigenvalue weighted by Crippen LogP contribution is -2.53. The van der Waals surface area contributed by atoms with Gasteiger partial charge in [0.15, 0.2) is 0 Å². The molecule has 76 valence electrons. The minimum Gasteiger partial charge on any atom is -0.330 e. The van der Waals surface area contributed by atoms with Crippen LogP contribution in [0.25, 0.3) is 0 Å². The van der Waals surface area contributed by atoms with Gasteiger partial charge in [0.1, 0.15) is 0 Å². The molecule has 4 bridgehead atoms. The molecule has 4 rings (SSSR count).